The molecule has 0 amide bonds. The standard InChI is InChI=1S/C12H20N6/c1-3-7-13-9(5-1)11-15-17-12(18-16-11)10-6-2-4-8-14-10/h9-10,13-14H,1-8H2. The van der Waals surface area contributed by atoms with Crippen LogP contribution in [0, 0.1) is 0 Å². The lowest BCUT2D eigenvalue weighted by Crippen LogP contribution is -2.31. The molecule has 6 nitrogen and oxygen atoms in total. The van der Waals surface area contributed by atoms with Crippen LogP contribution in [0.4, 0.5) is 0 Å². The molecule has 1 aromatic heterocycles. The Balaban J connectivity index is 1.67. The Morgan fingerprint density at radius 2 is 1.11 bits per heavy atom. The largest absolute Gasteiger partial charge is 0.307 e. The zero-order chi connectivity index (χ0) is 12.2. The van der Waals surface area contributed by atoms with E-state index in [1.807, 2.05) is 0 Å². The van der Waals surface area contributed by atoms with Crippen LogP contribution in [0.3, 0.4) is 0 Å². The first-order chi connectivity index (χ1) is 8.93. The second-order valence-electron chi connectivity index (χ2n) is 5.12. The van der Waals surface area contributed by atoms with Gasteiger partial charge in [0.05, 0.1) is 12.1 Å². The predicted molar refractivity (Wildman–Crippen MR) is 66.8 cm³/mol. The maximum atomic E-state index is 4.25. The highest BCUT2D eigenvalue weighted by Crippen LogP contribution is 2.21. The van der Waals surface area contributed by atoms with E-state index in [2.05, 4.69) is 31.0 Å². The second kappa shape index (κ2) is 5.67. The molecule has 1 aromatic rings. The van der Waals surface area contributed by atoms with E-state index in [4.69, 9.17) is 0 Å². The molecule has 3 heterocycles. The molecule has 0 bridgehead atoms. The van der Waals surface area contributed by atoms with Crippen LogP contribution in [0.25, 0.3) is 0 Å². The second-order valence-corrected chi connectivity index (χ2v) is 5.12. The van der Waals surface area contributed by atoms with Crippen molar-refractivity contribution in [2.75, 3.05) is 13.1 Å². The molecular weight excluding hydrogens is 228 g/mol. The Bertz CT molecular complexity index is 330. The van der Waals surface area contributed by atoms with Gasteiger partial charge in [0.25, 0.3) is 0 Å². The maximum Gasteiger partial charge on any atom is 0.190 e. The Kier molecular flexibility index (Phi) is 3.75. The van der Waals surface area contributed by atoms with Gasteiger partial charge in [0.2, 0.25) is 0 Å². The van der Waals surface area contributed by atoms with Crippen LogP contribution in [-0.2, 0) is 0 Å². The van der Waals surface area contributed by atoms with Crippen molar-refractivity contribution in [2.24, 2.45) is 0 Å². The summed E-state index contributed by atoms with van der Waals surface area (Å²) in [5.74, 6) is 1.49. The van der Waals surface area contributed by atoms with Crippen molar-refractivity contribution in [3.05, 3.63) is 11.6 Å². The number of nitrogens with one attached hydrogen (secondary N) is 2. The normalized spacial score (nSPS) is 29.1. The van der Waals surface area contributed by atoms with Crippen molar-refractivity contribution in [3.8, 4) is 0 Å². The fraction of sp³-hybridized carbons (Fsp3) is 0.833. The van der Waals surface area contributed by atoms with Crippen molar-refractivity contribution in [2.45, 2.75) is 50.6 Å². The summed E-state index contributed by atoms with van der Waals surface area (Å²) in [6.07, 6.45) is 7.11. The molecule has 0 saturated carbocycles. The number of piperidine rings is 2. The van der Waals surface area contributed by atoms with Gasteiger partial charge in [0.15, 0.2) is 11.6 Å². The van der Waals surface area contributed by atoms with Gasteiger partial charge < -0.3 is 10.6 Å². The molecule has 18 heavy (non-hydrogen) atoms. The van der Waals surface area contributed by atoms with Crippen molar-refractivity contribution in [3.63, 3.8) is 0 Å². The Morgan fingerprint density at radius 1 is 0.667 bits per heavy atom. The number of rotatable bonds is 2. The van der Waals surface area contributed by atoms with Gasteiger partial charge in [0, 0.05) is 0 Å². The molecule has 2 fully saturated rings. The van der Waals surface area contributed by atoms with Crippen LogP contribution in [0.2, 0.25) is 0 Å². The van der Waals surface area contributed by atoms with Gasteiger partial charge in [0.1, 0.15) is 0 Å². The van der Waals surface area contributed by atoms with E-state index in [-0.39, 0.29) is 12.1 Å². The van der Waals surface area contributed by atoms with Crippen LogP contribution in [0.5, 0.6) is 0 Å². The molecule has 2 saturated heterocycles. The van der Waals surface area contributed by atoms with Crippen molar-refractivity contribution in [1.29, 1.82) is 0 Å². The quantitative estimate of drug-likeness (QED) is 0.809. The van der Waals surface area contributed by atoms with Gasteiger partial charge in [-0.15, -0.1) is 20.4 Å². The zero-order valence-electron chi connectivity index (χ0n) is 10.6. The molecule has 2 unspecified atom stereocenters. The molecule has 0 spiro atoms. The summed E-state index contributed by atoms with van der Waals surface area (Å²) in [5, 5.41) is 23.8. The highest BCUT2D eigenvalue weighted by Gasteiger charge is 2.21. The van der Waals surface area contributed by atoms with Gasteiger partial charge in [-0.3, -0.25) is 0 Å². The van der Waals surface area contributed by atoms with Crippen LogP contribution < -0.4 is 10.6 Å². The van der Waals surface area contributed by atoms with E-state index in [0.29, 0.717) is 0 Å². The van der Waals surface area contributed by atoms with Crippen molar-refractivity contribution in [1.82, 2.24) is 31.0 Å². The molecule has 6 heteroatoms. The topological polar surface area (TPSA) is 75.6 Å². The highest BCUT2D eigenvalue weighted by molar-refractivity contribution is 4.96. The van der Waals surface area contributed by atoms with Crippen LogP contribution >= 0.6 is 0 Å². The third-order valence-corrected chi connectivity index (χ3v) is 3.75. The number of hydrogen-bond donors (Lipinski definition) is 2. The van der Waals surface area contributed by atoms with Gasteiger partial charge >= 0.3 is 0 Å². The fourth-order valence-corrected chi connectivity index (χ4v) is 2.67. The minimum Gasteiger partial charge on any atom is -0.307 e. The van der Waals surface area contributed by atoms with E-state index in [1.54, 1.807) is 0 Å². The van der Waals surface area contributed by atoms with E-state index >= 15 is 0 Å². The van der Waals surface area contributed by atoms with Crippen molar-refractivity contribution >= 4 is 0 Å². The smallest absolute Gasteiger partial charge is 0.190 e. The Hall–Kier alpha value is -1.14. The van der Waals surface area contributed by atoms with Crippen molar-refractivity contribution < 1.29 is 0 Å². The molecule has 0 radical (unpaired) electrons. The molecule has 2 aliphatic heterocycles. The molecule has 2 N–H and O–H groups in total. The summed E-state index contributed by atoms with van der Waals surface area (Å²) in [5.41, 5.74) is 0. The Labute approximate surface area is 107 Å². The van der Waals surface area contributed by atoms with Gasteiger partial charge in [-0.25, -0.2) is 0 Å². The van der Waals surface area contributed by atoms with E-state index < -0.39 is 0 Å². The van der Waals surface area contributed by atoms with Gasteiger partial charge in [-0.2, -0.15) is 0 Å². The first kappa shape index (κ1) is 11.9. The third-order valence-electron chi connectivity index (χ3n) is 3.75. The maximum absolute atomic E-state index is 4.25. The van der Waals surface area contributed by atoms with E-state index in [1.165, 1.54) is 25.7 Å². The van der Waals surface area contributed by atoms with Crippen LogP contribution in [0.15, 0.2) is 0 Å². The number of aromatic nitrogens is 4. The third kappa shape index (κ3) is 2.64. The van der Waals surface area contributed by atoms with Gasteiger partial charge in [-0.1, -0.05) is 12.8 Å². The average Bonchev–Trinajstić information content (AvgIpc) is 2.49. The van der Waals surface area contributed by atoms with E-state index in [9.17, 15) is 0 Å². The summed E-state index contributed by atoms with van der Waals surface area (Å²) in [4.78, 5) is 0. The highest BCUT2D eigenvalue weighted by atomic mass is 15.3. The summed E-state index contributed by atoms with van der Waals surface area (Å²) in [7, 11) is 0. The minimum atomic E-state index is 0.243. The molecule has 2 aliphatic rings. The number of nitrogens with zero attached hydrogens (tertiary/aromatic N) is 4. The van der Waals surface area contributed by atoms with Crippen LogP contribution in [0.1, 0.15) is 62.3 Å². The Morgan fingerprint density at radius 3 is 1.44 bits per heavy atom. The van der Waals surface area contributed by atoms with Gasteiger partial charge in [-0.05, 0) is 38.8 Å². The summed E-state index contributed by atoms with van der Waals surface area (Å²) >= 11 is 0. The minimum absolute atomic E-state index is 0.243. The molecule has 98 valence electrons. The molecule has 0 aromatic carbocycles. The SMILES string of the molecule is C1CCC(c2nnc(C3CCCCN3)nn2)NC1. The average molecular weight is 248 g/mol. The summed E-state index contributed by atoms with van der Waals surface area (Å²) in [6, 6.07) is 0.485. The zero-order valence-corrected chi connectivity index (χ0v) is 10.6. The summed E-state index contributed by atoms with van der Waals surface area (Å²) in [6.45, 7) is 2.08. The lowest BCUT2D eigenvalue weighted by Gasteiger charge is -2.23. The molecule has 2 atom stereocenters. The first-order valence-electron chi connectivity index (χ1n) is 6.97. The molecular formula is C12H20N6. The molecule has 0 aliphatic carbocycles. The first-order valence-corrected chi connectivity index (χ1v) is 6.97. The van der Waals surface area contributed by atoms with E-state index in [0.717, 1.165) is 37.6 Å². The monoisotopic (exact) mass is 248 g/mol. The molecule has 3 rings (SSSR count). The lowest BCUT2D eigenvalue weighted by atomic mass is 10.0. The number of hydrogen-bond acceptors (Lipinski definition) is 6. The van der Waals surface area contributed by atoms with Crippen LogP contribution in [-0.4, -0.2) is 33.5 Å². The summed E-state index contributed by atoms with van der Waals surface area (Å²) < 4.78 is 0. The fourth-order valence-electron chi connectivity index (χ4n) is 2.67. The lowest BCUT2D eigenvalue weighted by molar-refractivity contribution is 0.370. The predicted octanol–water partition coefficient (Wildman–Crippen LogP) is 0.896.